The van der Waals surface area contributed by atoms with E-state index in [0.717, 1.165) is 24.0 Å². The van der Waals surface area contributed by atoms with E-state index in [0.29, 0.717) is 6.42 Å². The van der Waals surface area contributed by atoms with E-state index in [2.05, 4.69) is 11.6 Å². The van der Waals surface area contributed by atoms with Crippen molar-refractivity contribution in [3.63, 3.8) is 0 Å². The topological polar surface area (TPSA) is 46.2 Å². The minimum atomic E-state index is -3.49. The van der Waals surface area contributed by atoms with E-state index in [1.807, 2.05) is 12.1 Å². The zero-order valence-electron chi connectivity index (χ0n) is 12.5. The summed E-state index contributed by atoms with van der Waals surface area (Å²) in [5, 5.41) is 0. The summed E-state index contributed by atoms with van der Waals surface area (Å²) in [5.74, 6) is -0.295. The summed E-state index contributed by atoms with van der Waals surface area (Å²) in [7, 11) is -3.49. The number of aryl methyl sites for hydroxylation is 1. The minimum absolute atomic E-state index is 0.270. The second kappa shape index (κ2) is 7.51. The Morgan fingerprint density at radius 2 is 1.45 bits per heavy atom. The molecule has 0 aromatic heterocycles. The molecule has 2 rings (SSSR count). The molecule has 0 aliphatic carbocycles. The maximum Gasteiger partial charge on any atom is 0.240 e. The lowest BCUT2D eigenvalue weighted by Gasteiger charge is -2.08. The van der Waals surface area contributed by atoms with Crippen molar-refractivity contribution in [3.05, 3.63) is 65.5 Å². The summed E-state index contributed by atoms with van der Waals surface area (Å²) in [6.07, 6.45) is 2.49. The molecule has 0 bridgehead atoms. The second-order valence-corrected chi connectivity index (χ2v) is 6.94. The van der Waals surface area contributed by atoms with E-state index < -0.39 is 10.0 Å². The molecule has 0 heterocycles. The fraction of sp³-hybridized carbons (Fsp3) is 0.294. The summed E-state index contributed by atoms with van der Waals surface area (Å²) in [6, 6.07) is 13.0. The highest BCUT2D eigenvalue weighted by molar-refractivity contribution is 7.89. The normalized spacial score (nSPS) is 11.5. The molecule has 2 aromatic rings. The maximum atomic E-state index is 12.8. The summed E-state index contributed by atoms with van der Waals surface area (Å²) in [4.78, 5) is 0.270. The first-order chi connectivity index (χ1) is 10.5. The van der Waals surface area contributed by atoms with Crippen LogP contribution in [0.25, 0.3) is 0 Å². The van der Waals surface area contributed by atoms with Gasteiger partial charge in [-0.15, -0.1) is 0 Å². The molecule has 118 valence electrons. The zero-order chi connectivity index (χ0) is 16.0. The average molecular weight is 321 g/mol. The number of sulfonamides is 1. The van der Waals surface area contributed by atoms with E-state index in [-0.39, 0.29) is 17.3 Å². The van der Waals surface area contributed by atoms with Gasteiger partial charge in [0.15, 0.2) is 0 Å². The molecular formula is C17H20FNO2S. The van der Waals surface area contributed by atoms with Crippen molar-refractivity contribution >= 4 is 10.0 Å². The van der Waals surface area contributed by atoms with Gasteiger partial charge in [-0.1, -0.05) is 37.6 Å². The molecule has 0 amide bonds. The van der Waals surface area contributed by atoms with Crippen molar-refractivity contribution < 1.29 is 12.8 Å². The van der Waals surface area contributed by atoms with Gasteiger partial charge in [-0.25, -0.2) is 17.5 Å². The molecule has 0 atom stereocenters. The third-order valence-electron chi connectivity index (χ3n) is 3.39. The van der Waals surface area contributed by atoms with E-state index in [1.54, 1.807) is 24.3 Å². The van der Waals surface area contributed by atoms with Crippen molar-refractivity contribution in [3.8, 4) is 0 Å². The maximum absolute atomic E-state index is 12.8. The first kappa shape index (κ1) is 16.6. The van der Waals surface area contributed by atoms with Crippen molar-refractivity contribution in [2.45, 2.75) is 31.1 Å². The molecule has 5 heteroatoms. The molecule has 0 aliphatic rings. The largest absolute Gasteiger partial charge is 0.240 e. The Labute approximate surface area is 131 Å². The third-order valence-corrected chi connectivity index (χ3v) is 4.87. The van der Waals surface area contributed by atoms with Crippen LogP contribution in [-0.2, 0) is 22.9 Å². The number of halogens is 1. The van der Waals surface area contributed by atoms with Gasteiger partial charge in [-0.3, -0.25) is 0 Å². The lowest BCUT2D eigenvalue weighted by atomic mass is 10.1. The third kappa shape index (κ3) is 4.64. The van der Waals surface area contributed by atoms with Gasteiger partial charge in [-0.05, 0) is 48.2 Å². The van der Waals surface area contributed by atoms with Crippen molar-refractivity contribution in [1.82, 2.24) is 4.72 Å². The van der Waals surface area contributed by atoms with Crippen LogP contribution in [0.1, 0.15) is 24.5 Å². The van der Waals surface area contributed by atoms with Crippen molar-refractivity contribution in [2.24, 2.45) is 0 Å². The number of hydrogen-bond acceptors (Lipinski definition) is 2. The molecule has 3 nitrogen and oxygen atoms in total. The van der Waals surface area contributed by atoms with Crippen LogP contribution in [0.3, 0.4) is 0 Å². The van der Waals surface area contributed by atoms with Gasteiger partial charge in [0.25, 0.3) is 0 Å². The highest BCUT2D eigenvalue weighted by Crippen LogP contribution is 2.12. The predicted molar refractivity (Wildman–Crippen MR) is 85.7 cm³/mol. The number of hydrogen-bond donors (Lipinski definition) is 1. The highest BCUT2D eigenvalue weighted by Gasteiger charge is 2.12. The van der Waals surface area contributed by atoms with Crippen LogP contribution in [-0.4, -0.2) is 15.0 Å². The smallest absolute Gasteiger partial charge is 0.211 e. The van der Waals surface area contributed by atoms with Crippen LogP contribution in [0.5, 0.6) is 0 Å². The van der Waals surface area contributed by atoms with E-state index in [9.17, 15) is 12.8 Å². The molecule has 22 heavy (non-hydrogen) atoms. The fourth-order valence-corrected chi connectivity index (χ4v) is 3.22. The molecule has 0 fully saturated rings. The molecule has 0 saturated heterocycles. The Bertz CT molecular complexity index is 694. The van der Waals surface area contributed by atoms with Crippen LogP contribution >= 0.6 is 0 Å². The van der Waals surface area contributed by atoms with E-state index in [1.165, 1.54) is 12.1 Å². The van der Waals surface area contributed by atoms with Gasteiger partial charge < -0.3 is 0 Å². The van der Waals surface area contributed by atoms with Gasteiger partial charge in [0, 0.05) is 6.54 Å². The number of rotatable bonds is 7. The van der Waals surface area contributed by atoms with Crippen LogP contribution in [0.2, 0.25) is 0 Å². The van der Waals surface area contributed by atoms with Gasteiger partial charge in [0.2, 0.25) is 10.0 Å². The lowest BCUT2D eigenvalue weighted by Crippen LogP contribution is -2.26. The summed E-state index contributed by atoms with van der Waals surface area (Å²) < 4.78 is 39.7. The first-order valence-electron chi connectivity index (χ1n) is 7.34. The van der Waals surface area contributed by atoms with Gasteiger partial charge in [-0.2, -0.15) is 0 Å². The van der Waals surface area contributed by atoms with Crippen LogP contribution in [0.15, 0.2) is 53.4 Å². The molecule has 1 N–H and O–H groups in total. The molecular weight excluding hydrogens is 301 g/mol. The molecule has 0 aliphatic heterocycles. The summed E-state index contributed by atoms with van der Waals surface area (Å²) in [5.41, 5.74) is 2.02. The van der Waals surface area contributed by atoms with Crippen molar-refractivity contribution in [1.29, 1.82) is 0 Å². The molecule has 2 aromatic carbocycles. The molecule has 0 unspecified atom stereocenters. The standard InChI is InChI=1S/C17H20FNO2S/c1-2-3-14-6-10-17(11-7-14)22(20,21)19-13-12-15-4-8-16(18)9-5-15/h4-11,19H,2-3,12-13H2,1H3. The van der Waals surface area contributed by atoms with E-state index >= 15 is 0 Å². The molecule has 0 saturated carbocycles. The van der Waals surface area contributed by atoms with Crippen LogP contribution in [0.4, 0.5) is 4.39 Å². The monoisotopic (exact) mass is 321 g/mol. The average Bonchev–Trinajstić information content (AvgIpc) is 2.50. The minimum Gasteiger partial charge on any atom is -0.211 e. The Morgan fingerprint density at radius 3 is 2.05 bits per heavy atom. The lowest BCUT2D eigenvalue weighted by molar-refractivity contribution is 0.581. The second-order valence-electron chi connectivity index (χ2n) is 5.17. The fourth-order valence-electron chi connectivity index (χ4n) is 2.19. The quantitative estimate of drug-likeness (QED) is 0.850. The Hall–Kier alpha value is -1.72. The molecule has 0 spiro atoms. The van der Waals surface area contributed by atoms with Gasteiger partial charge >= 0.3 is 0 Å². The summed E-state index contributed by atoms with van der Waals surface area (Å²) in [6.45, 7) is 2.37. The van der Waals surface area contributed by atoms with Crippen LogP contribution < -0.4 is 4.72 Å². The van der Waals surface area contributed by atoms with Crippen molar-refractivity contribution in [2.75, 3.05) is 6.54 Å². The van der Waals surface area contributed by atoms with Gasteiger partial charge in [0.1, 0.15) is 5.82 Å². The molecule has 0 radical (unpaired) electrons. The first-order valence-corrected chi connectivity index (χ1v) is 8.82. The Morgan fingerprint density at radius 1 is 0.909 bits per heavy atom. The highest BCUT2D eigenvalue weighted by atomic mass is 32.2. The predicted octanol–water partition coefficient (Wildman–Crippen LogP) is 3.30. The SMILES string of the molecule is CCCc1ccc(S(=O)(=O)NCCc2ccc(F)cc2)cc1. The van der Waals surface area contributed by atoms with Gasteiger partial charge in [0.05, 0.1) is 4.90 Å². The zero-order valence-corrected chi connectivity index (χ0v) is 13.4. The Kier molecular flexibility index (Phi) is 5.69. The summed E-state index contributed by atoms with van der Waals surface area (Å²) >= 11 is 0. The van der Waals surface area contributed by atoms with Crippen LogP contribution in [0, 0.1) is 5.82 Å². The Balaban J connectivity index is 1.94. The number of benzene rings is 2. The van der Waals surface area contributed by atoms with E-state index in [4.69, 9.17) is 0 Å². The number of nitrogens with one attached hydrogen (secondary N) is 1.